The molecule has 0 unspecified atom stereocenters. The molecule has 0 saturated carbocycles. The van der Waals surface area contributed by atoms with Crippen molar-refractivity contribution in [3.05, 3.63) is 53.7 Å². The molecule has 2 N–H and O–H groups in total. The summed E-state index contributed by atoms with van der Waals surface area (Å²) < 4.78 is 5.63. The molecule has 1 aliphatic rings. The Kier molecular flexibility index (Phi) is 4.35. The monoisotopic (exact) mass is 336 g/mol. The van der Waals surface area contributed by atoms with E-state index >= 15 is 0 Å². The van der Waals surface area contributed by atoms with Crippen molar-refractivity contribution >= 4 is 11.9 Å². The highest BCUT2D eigenvalue weighted by Gasteiger charge is 2.41. The number of nitrogens with one attached hydrogen (secondary N) is 2. The van der Waals surface area contributed by atoms with Gasteiger partial charge in [0.25, 0.3) is 5.91 Å². The summed E-state index contributed by atoms with van der Waals surface area (Å²) >= 11 is 0. The fourth-order valence-corrected chi connectivity index (χ4v) is 2.54. The van der Waals surface area contributed by atoms with Gasteiger partial charge in [-0.1, -0.05) is 12.1 Å². The summed E-state index contributed by atoms with van der Waals surface area (Å²) in [5, 5.41) is 13.9. The first-order valence-corrected chi connectivity index (χ1v) is 7.76. The molecular formula is C18H16N4O3. The highest BCUT2D eigenvalue weighted by atomic mass is 16.5. The number of nitriles is 1. The molecule has 3 rings (SSSR count). The Balaban J connectivity index is 1.64. The van der Waals surface area contributed by atoms with Gasteiger partial charge in [-0.15, -0.1) is 0 Å². The average molecular weight is 336 g/mol. The molecule has 7 heteroatoms. The molecule has 126 valence electrons. The van der Waals surface area contributed by atoms with E-state index in [2.05, 4.69) is 15.6 Å². The Hall–Kier alpha value is -3.40. The number of carbonyl (C=O) groups excluding carboxylic acids is 2. The van der Waals surface area contributed by atoms with Gasteiger partial charge < -0.3 is 10.1 Å². The van der Waals surface area contributed by atoms with Gasteiger partial charge in [0.05, 0.1) is 0 Å². The second-order valence-electron chi connectivity index (χ2n) is 5.95. The number of hydrogen-bond donors (Lipinski definition) is 2. The number of carbonyl (C=O) groups is 2. The van der Waals surface area contributed by atoms with Crippen LogP contribution in [0.25, 0.3) is 0 Å². The van der Waals surface area contributed by atoms with E-state index in [1.807, 2.05) is 18.2 Å². The summed E-state index contributed by atoms with van der Waals surface area (Å²) in [6, 6.07) is 12.2. The van der Waals surface area contributed by atoms with Crippen LogP contribution in [0.3, 0.4) is 0 Å². The number of amides is 3. The van der Waals surface area contributed by atoms with E-state index in [-0.39, 0.29) is 11.8 Å². The van der Waals surface area contributed by atoms with Gasteiger partial charge in [0.1, 0.15) is 22.9 Å². The van der Waals surface area contributed by atoms with Crippen LogP contribution in [0.1, 0.15) is 24.5 Å². The van der Waals surface area contributed by atoms with Crippen LogP contribution in [0.2, 0.25) is 0 Å². The van der Waals surface area contributed by atoms with Gasteiger partial charge in [0, 0.05) is 6.20 Å². The van der Waals surface area contributed by atoms with Crippen molar-refractivity contribution in [2.24, 2.45) is 0 Å². The topological polar surface area (TPSA) is 104 Å². The molecule has 0 bridgehead atoms. The zero-order valence-corrected chi connectivity index (χ0v) is 13.6. The lowest BCUT2D eigenvalue weighted by molar-refractivity contribution is -0.123. The Morgan fingerprint density at radius 2 is 2.00 bits per heavy atom. The normalized spacial score (nSPS) is 19.0. The maximum absolute atomic E-state index is 11.8. The third-order valence-electron chi connectivity index (χ3n) is 4.06. The zero-order chi connectivity index (χ0) is 17.9. The van der Waals surface area contributed by atoms with E-state index in [1.54, 1.807) is 37.4 Å². The van der Waals surface area contributed by atoms with Crippen LogP contribution in [-0.4, -0.2) is 22.5 Å². The minimum absolute atomic E-state index is 0.260. The minimum atomic E-state index is -0.887. The summed E-state index contributed by atoms with van der Waals surface area (Å²) in [4.78, 5) is 27.1. The second-order valence-corrected chi connectivity index (χ2v) is 5.95. The predicted molar refractivity (Wildman–Crippen MR) is 88.9 cm³/mol. The molecule has 1 fully saturated rings. The summed E-state index contributed by atoms with van der Waals surface area (Å²) in [6.45, 7) is 1.70. The van der Waals surface area contributed by atoms with Crippen LogP contribution >= 0.6 is 0 Å². The van der Waals surface area contributed by atoms with E-state index in [0.29, 0.717) is 24.2 Å². The quantitative estimate of drug-likeness (QED) is 0.815. The fourth-order valence-electron chi connectivity index (χ4n) is 2.54. The first-order chi connectivity index (χ1) is 12.0. The number of benzene rings is 1. The molecule has 0 radical (unpaired) electrons. The number of ether oxygens (including phenoxy) is 1. The number of hydrogen-bond acceptors (Lipinski definition) is 5. The van der Waals surface area contributed by atoms with E-state index in [4.69, 9.17) is 10.00 Å². The van der Waals surface area contributed by atoms with Crippen LogP contribution in [-0.2, 0) is 11.2 Å². The summed E-state index contributed by atoms with van der Waals surface area (Å²) in [5.74, 6) is 0.518. The number of aryl methyl sites for hydroxylation is 1. The maximum atomic E-state index is 11.8. The molecule has 2 aromatic rings. The smallest absolute Gasteiger partial charge is 0.322 e. The highest BCUT2D eigenvalue weighted by Crippen LogP contribution is 2.24. The van der Waals surface area contributed by atoms with Gasteiger partial charge in [-0.25, -0.2) is 9.78 Å². The number of rotatable bonds is 5. The van der Waals surface area contributed by atoms with E-state index in [9.17, 15) is 9.59 Å². The first-order valence-electron chi connectivity index (χ1n) is 7.76. The van der Waals surface area contributed by atoms with Crippen molar-refractivity contribution in [3.8, 4) is 17.7 Å². The summed E-state index contributed by atoms with van der Waals surface area (Å²) in [7, 11) is 0. The van der Waals surface area contributed by atoms with Crippen LogP contribution in [0.15, 0.2) is 42.6 Å². The van der Waals surface area contributed by atoms with Crippen molar-refractivity contribution in [1.29, 1.82) is 5.26 Å². The molecule has 7 nitrogen and oxygen atoms in total. The number of nitrogens with zero attached hydrogens (tertiary/aromatic N) is 2. The van der Waals surface area contributed by atoms with Crippen molar-refractivity contribution in [2.75, 3.05) is 0 Å². The fraction of sp³-hybridized carbons (Fsp3) is 0.222. The van der Waals surface area contributed by atoms with Gasteiger partial charge in [-0.3, -0.25) is 10.1 Å². The van der Waals surface area contributed by atoms with Gasteiger partial charge >= 0.3 is 6.03 Å². The molecule has 1 aromatic heterocycles. The Morgan fingerprint density at radius 1 is 1.24 bits per heavy atom. The first kappa shape index (κ1) is 16.5. The van der Waals surface area contributed by atoms with Crippen molar-refractivity contribution in [3.63, 3.8) is 0 Å². The van der Waals surface area contributed by atoms with Crippen molar-refractivity contribution in [2.45, 2.75) is 25.3 Å². The lowest BCUT2D eigenvalue weighted by atomic mass is 9.93. The number of pyridine rings is 1. The average Bonchev–Trinajstić information content (AvgIpc) is 2.87. The van der Waals surface area contributed by atoms with Gasteiger partial charge in [-0.05, 0) is 49.6 Å². The highest BCUT2D eigenvalue weighted by molar-refractivity contribution is 6.06. The largest absolute Gasteiger partial charge is 0.438 e. The van der Waals surface area contributed by atoms with Crippen LogP contribution in [0.4, 0.5) is 4.79 Å². The third kappa shape index (κ3) is 3.58. The number of urea groups is 1. The maximum Gasteiger partial charge on any atom is 0.322 e. The molecule has 1 aliphatic heterocycles. The second kappa shape index (κ2) is 6.61. The van der Waals surface area contributed by atoms with Crippen LogP contribution in [0, 0.1) is 11.3 Å². The summed E-state index contributed by atoms with van der Waals surface area (Å²) in [6.07, 6.45) is 2.67. The number of aromatic nitrogens is 1. The molecule has 25 heavy (non-hydrogen) atoms. The SMILES string of the molecule is C[C@]1(CCc2ccc(Oc3ncccc3C#N)cc2)NC(=O)NC1=O. The number of imide groups is 1. The molecule has 1 saturated heterocycles. The molecule has 0 spiro atoms. The zero-order valence-electron chi connectivity index (χ0n) is 13.6. The van der Waals surface area contributed by atoms with Crippen LogP contribution in [0.5, 0.6) is 11.6 Å². The minimum Gasteiger partial charge on any atom is -0.438 e. The van der Waals surface area contributed by atoms with Crippen LogP contribution < -0.4 is 15.4 Å². The lowest BCUT2D eigenvalue weighted by Gasteiger charge is -2.20. The Bertz CT molecular complexity index is 857. The molecule has 2 heterocycles. The van der Waals surface area contributed by atoms with E-state index in [1.165, 1.54) is 0 Å². The molecule has 3 amide bonds. The van der Waals surface area contributed by atoms with Crippen molar-refractivity contribution < 1.29 is 14.3 Å². The molecular weight excluding hydrogens is 320 g/mol. The molecule has 1 aromatic carbocycles. The molecule has 0 aliphatic carbocycles. The Morgan fingerprint density at radius 3 is 2.64 bits per heavy atom. The summed E-state index contributed by atoms with van der Waals surface area (Å²) in [5.41, 5.74) is 0.480. The Labute approximate surface area is 144 Å². The van der Waals surface area contributed by atoms with E-state index < -0.39 is 11.6 Å². The van der Waals surface area contributed by atoms with Gasteiger partial charge in [-0.2, -0.15) is 5.26 Å². The van der Waals surface area contributed by atoms with Crippen molar-refractivity contribution in [1.82, 2.24) is 15.6 Å². The molecule has 1 atom stereocenters. The van der Waals surface area contributed by atoms with Gasteiger partial charge in [0.2, 0.25) is 5.88 Å². The third-order valence-corrected chi connectivity index (χ3v) is 4.06. The standard InChI is InChI=1S/C18H16N4O3/c1-18(16(23)21-17(24)22-18)9-8-12-4-6-14(7-5-12)25-15-13(11-19)3-2-10-20-15/h2-7,10H,8-9H2,1H3,(H2,21,22,23,24)/t18-/m1/s1. The van der Waals surface area contributed by atoms with Gasteiger partial charge in [0.15, 0.2) is 0 Å². The lowest BCUT2D eigenvalue weighted by Crippen LogP contribution is -2.43. The predicted octanol–water partition coefficient (Wildman–Crippen LogP) is 2.28. The van der Waals surface area contributed by atoms with E-state index in [0.717, 1.165) is 5.56 Å².